The minimum absolute atomic E-state index is 0.376. The second kappa shape index (κ2) is 5.98. The monoisotopic (exact) mass is 314 g/mol. The molecule has 0 fully saturated rings. The van der Waals surface area contributed by atoms with Crippen LogP contribution in [-0.2, 0) is 6.54 Å². The molecule has 0 aliphatic rings. The summed E-state index contributed by atoms with van der Waals surface area (Å²) >= 11 is 1.55. The molecule has 2 heterocycles. The quantitative estimate of drug-likeness (QED) is 0.755. The van der Waals surface area contributed by atoms with Crippen LogP contribution in [0.25, 0.3) is 10.7 Å². The van der Waals surface area contributed by atoms with Crippen LogP contribution in [0.3, 0.4) is 0 Å². The number of nitrogens with zero attached hydrogens (tertiary/aromatic N) is 2. The number of nitrogens with one attached hydrogen (secondary N) is 1. The van der Waals surface area contributed by atoms with E-state index in [4.69, 9.17) is 10.3 Å². The van der Waals surface area contributed by atoms with Crippen LogP contribution in [0.4, 0.5) is 5.69 Å². The summed E-state index contributed by atoms with van der Waals surface area (Å²) < 4.78 is 5.22. The van der Waals surface area contributed by atoms with Gasteiger partial charge < -0.3 is 15.6 Å². The number of nitrogens with two attached hydrogens (primary N) is 1. The molecule has 0 atom stereocenters. The molecule has 2 aromatic heterocycles. The summed E-state index contributed by atoms with van der Waals surface area (Å²) in [5, 5.41) is 9.09. The van der Waals surface area contributed by atoms with E-state index in [-0.39, 0.29) is 0 Å². The lowest BCUT2D eigenvalue weighted by molar-refractivity contribution is 0.1000. The highest BCUT2D eigenvalue weighted by atomic mass is 32.1. The normalized spacial score (nSPS) is 10.6. The lowest BCUT2D eigenvalue weighted by Gasteiger charge is -2.09. The van der Waals surface area contributed by atoms with E-state index in [1.165, 1.54) is 0 Å². The van der Waals surface area contributed by atoms with E-state index in [0.717, 1.165) is 16.1 Å². The van der Waals surface area contributed by atoms with Gasteiger partial charge in [-0.15, -0.1) is 11.3 Å². The second-order valence-corrected chi connectivity index (χ2v) is 5.63. The van der Waals surface area contributed by atoms with E-state index in [0.29, 0.717) is 23.8 Å². The molecule has 1 amide bonds. The summed E-state index contributed by atoms with van der Waals surface area (Å²) in [4.78, 5) is 16.6. The van der Waals surface area contributed by atoms with Crippen molar-refractivity contribution in [3.05, 3.63) is 52.7 Å². The standard InChI is InChI=1S/C15H14N4O2S/c1-9-10(14(16)20)4-2-5-11(9)17-8-13-18-15(19-21-13)12-6-3-7-22-12/h2-7,17H,8H2,1H3,(H2,16,20). The summed E-state index contributed by atoms with van der Waals surface area (Å²) in [7, 11) is 0. The van der Waals surface area contributed by atoms with Crippen molar-refractivity contribution in [1.82, 2.24) is 10.1 Å². The van der Waals surface area contributed by atoms with Crippen LogP contribution in [0.5, 0.6) is 0 Å². The molecule has 6 nitrogen and oxygen atoms in total. The first-order valence-corrected chi connectivity index (χ1v) is 7.53. The molecule has 0 aliphatic carbocycles. The third kappa shape index (κ3) is 2.84. The summed E-state index contributed by atoms with van der Waals surface area (Å²) in [6, 6.07) is 9.23. The SMILES string of the molecule is Cc1c(NCc2nc(-c3cccs3)no2)cccc1C(N)=O. The summed E-state index contributed by atoms with van der Waals surface area (Å²) in [5.74, 6) is 0.612. The van der Waals surface area contributed by atoms with Gasteiger partial charge in [0, 0.05) is 11.3 Å². The average Bonchev–Trinajstić information content (AvgIpc) is 3.17. The Hall–Kier alpha value is -2.67. The predicted octanol–water partition coefficient (Wildman–Crippen LogP) is 2.82. The van der Waals surface area contributed by atoms with Crippen molar-refractivity contribution in [3.8, 4) is 10.7 Å². The number of hydrogen-bond donors (Lipinski definition) is 2. The molecule has 3 aromatic rings. The third-order valence-corrected chi connectivity index (χ3v) is 4.10. The van der Waals surface area contributed by atoms with Crippen LogP contribution in [0, 0.1) is 6.92 Å². The summed E-state index contributed by atoms with van der Waals surface area (Å²) in [5.41, 5.74) is 7.45. The number of aromatic nitrogens is 2. The first-order chi connectivity index (χ1) is 10.6. The van der Waals surface area contributed by atoms with Gasteiger partial charge in [0.25, 0.3) is 0 Å². The van der Waals surface area contributed by atoms with Crippen molar-refractivity contribution < 1.29 is 9.32 Å². The fourth-order valence-corrected chi connectivity index (χ4v) is 2.75. The Kier molecular flexibility index (Phi) is 3.88. The molecule has 0 bridgehead atoms. The number of anilines is 1. The van der Waals surface area contributed by atoms with Crippen molar-refractivity contribution >= 4 is 22.9 Å². The van der Waals surface area contributed by atoms with Gasteiger partial charge in [-0.25, -0.2) is 0 Å². The Morgan fingerprint density at radius 1 is 1.36 bits per heavy atom. The molecule has 22 heavy (non-hydrogen) atoms. The molecule has 3 rings (SSSR count). The maximum atomic E-state index is 11.3. The topological polar surface area (TPSA) is 94.0 Å². The Labute approximate surface area is 131 Å². The minimum atomic E-state index is -0.445. The largest absolute Gasteiger partial charge is 0.376 e. The molecule has 0 saturated carbocycles. The molecule has 0 aliphatic heterocycles. The Balaban J connectivity index is 1.73. The molecule has 7 heteroatoms. The number of benzene rings is 1. The van der Waals surface area contributed by atoms with Gasteiger partial charge in [-0.1, -0.05) is 17.3 Å². The smallest absolute Gasteiger partial charge is 0.249 e. The minimum Gasteiger partial charge on any atom is -0.376 e. The third-order valence-electron chi connectivity index (χ3n) is 3.24. The fourth-order valence-electron chi connectivity index (χ4n) is 2.10. The van der Waals surface area contributed by atoms with Crippen LogP contribution < -0.4 is 11.1 Å². The van der Waals surface area contributed by atoms with Gasteiger partial charge in [-0.2, -0.15) is 4.98 Å². The van der Waals surface area contributed by atoms with Crippen LogP contribution in [-0.4, -0.2) is 16.0 Å². The predicted molar refractivity (Wildman–Crippen MR) is 84.6 cm³/mol. The molecule has 0 unspecified atom stereocenters. The molecule has 0 radical (unpaired) electrons. The second-order valence-electron chi connectivity index (χ2n) is 4.68. The van der Waals surface area contributed by atoms with Gasteiger partial charge in [0.15, 0.2) is 0 Å². The van der Waals surface area contributed by atoms with Gasteiger partial charge in [0.05, 0.1) is 11.4 Å². The summed E-state index contributed by atoms with van der Waals surface area (Å²) in [6.45, 7) is 2.22. The number of amides is 1. The van der Waals surface area contributed by atoms with E-state index in [1.807, 2.05) is 30.5 Å². The zero-order valence-corrected chi connectivity index (χ0v) is 12.7. The molecular weight excluding hydrogens is 300 g/mol. The van der Waals surface area contributed by atoms with Crippen molar-refractivity contribution in [2.24, 2.45) is 5.73 Å². The molecule has 0 saturated heterocycles. The van der Waals surface area contributed by atoms with Crippen LogP contribution >= 0.6 is 11.3 Å². The van der Waals surface area contributed by atoms with Crippen LogP contribution in [0.1, 0.15) is 21.8 Å². The molecule has 1 aromatic carbocycles. The molecular formula is C15H14N4O2S. The highest BCUT2D eigenvalue weighted by molar-refractivity contribution is 7.13. The first-order valence-electron chi connectivity index (χ1n) is 6.65. The zero-order chi connectivity index (χ0) is 15.5. The maximum absolute atomic E-state index is 11.3. The lowest BCUT2D eigenvalue weighted by atomic mass is 10.1. The van der Waals surface area contributed by atoms with E-state index in [9.17, 15) is 4.79 Å². The Morgan fingerprint density at radius 3 is 2.95 bits per heavy atom. The molecule has 112 valence electrons. The number of carbonyl (C=O) groups is 1. The van der Waals surface area contributed by atoms with E-state index < -0.39 is 5.91 Å². The van der Waals surface area contributed by atoms with Crippen LogP contribution in [0.15, 0.2) is 40.2 Å². The average molecular weight is 314 g/mol. The van der Waals surface area contributed by atoms with Gasteiger partial charge in [-0.3, -0.25) is 4.79 Å². The highest BCUT2D eigenvalue weighted by Crippen LogP contribution is 2.22. The zero-order valence-electron chi connectivity index (χ0n) is 11.9. The number of hydrogen-bond acceptors (Lipinski definition) is 6. The van der Waals surface area contributed by atoms with Crippen molar-refractivity contribution in [2.45, 2.75) is 13.5 Å². The lowest BCUT2D eigenvalue weighted by Crippen LogP contribution is -2.14. The highest BCUT2D eigenvalue weighted by Gasteiger charge is 2.11. The Morgan fingerprint density at radius 2 is 2.23 bits per heavy atom. The maximum Gasteiger partial charge on any atom is 0.249 e. The van der Waals surface area contributed by atoms with E-state index in [2.05, 4.69) is 15.5 Å². The van der Waals surface area contributed by atoms with Crippen LogP contribution in [0.2, 0.25) is 0 Å². The number of thiophene rings is 1. The van der Waals surface area contributed by atoms with Gasteiger partial charge >= 0.3 is 0 Å². The molecule has 3 N–H and O–H groups in total. The first kappa shape index (κ1) is 14.3. The van der Waals surface area contributed by atoms with Crippen molar-refractivity contribution in [1.29, 1.82) is 0 Å². The van der Waals surface area contributed by atoms with Crippen molar-refractivity contribution in [2.75, 3.05) is 5.32 Å². The fraction of sp³-hybridized carbons (Fsp3) is 0.133. The van der Waals surface area contributed by atoms with Gasteiger partial charge in [0.2, 0.25) is 17.6 Å². The van der Waals surface area contributed by atoms with Gasteiger partial charge in [-0.05, 0) is 36.1 Å². The van der Waals surface area contributed by atoms with E-state index >= 15 is 0 Å². The van der Waals surface area contributed by atoms with E-state index in [1.54, 1.807) is 23.5 Å². The van der Waals surface area contributed by atoms with Gasteiger partial charge in [0.1, 0.15) is 0 Å². The Bertz CT molecular complexity index is 796. The summed E-state index contributed by atoms with van der Waals surface area (Å²) in [6.07, 6.45) is 0. The van der Waals surface area contributed by atoms with Crippen molar-refractivity contribution in [3.63, 3.8) is 0 Å². The number of rotatable bonds is 5. The number of primary amides is 1. The number of carbonyl (C=O) groups excluding carboxylic acids is 1. The molecule has 0 spiro atoms.